The van der Waals surface area contributed by atoms with Crippen molar-refractivity contribution in [3.63, 3.8) is 0 Å². The van der Waals surface area contributed by atoms with Gasteiger partial charge in [-0.2, -0.15) is 0 Å². The summed E-state index contributed by atoms with van der Waals surface area (Å²) >= 11 is 0. The van der Waals surface area contributed by atoms with Gasteiger partial charge in [-0.3, -0.25) is 0 Å². The van der Waals surface area contributed by atoms with Crippen LogP contribution < -0.4 is 9.64 Å². The zero-order valence-corrected chi connectivity index (χ0v) is 21.5. The van der Waals surface area contributed by atoms with Gasteiger partial charge in [0.1, 0.15) is 12.4 Å². The number of anilines is 1. The van der Waals surface area contributed by atoms with Crippen LogP contribution in [0.3, 0.4) is 0 Å². The van der Waals surface area contributed by atoms with Gasteiger partial charge in [0.05, 0.1) is 13.2 Å². The lowest BCUT2D eigenvalue weighted by molar-refractivity contribution is -0.137. The normalized spacial score (nSPS) is 14.5. The Kier molecular flexibility index (Phi) is 11.7. The molecule has 0 spiro atoms. The summed E-state index contributed by atoms with van der Waals surface area (Å²) in [4.78, 5) is 14.5. The minimum absolute atomic E-state index is 0.309. The minimum Gasteiger partial charge on any atom is -0.491 e. The number of benzene rings is 2. The zero-order chi connectivity index (χ0) is 24.7. The molecular weight excluding hydrogens is 438 g/mol. The molecule has 1 aliphatic rings. The fourth-order valence-corrected chi connectivity index (χ4v) is 4.30. The topological polar surface area (TPSA) is 48.0 Å². The average Bonchev–Trinajstić information content (AvgIpc) is 2.85. The minimum atomic E-state index is -0.309. The molecule has 0 aliphatic carbocycles. The Labute approximate surface area is 211 Å². The first-order valence-electron chi connectivity index (χ1n) is 13.3. The summed E-state index contributed by atoms with van der Waals surface area (Å²) in [6.07, 6.45) is 11.9. The van der Waals surface area contributed by atoms with Crippen LogP contribution in [0.4, 0.5) is 5.69 Å². The molecule has 2 aromatic rings. The van der Waals surface area contributed by atoms with E-state index in [-0.39, 0.29) is 5.97 Å². The van der Waals surface area contributed by atoms with Crippen LogP contribution in [0.15, 0.2) is 48.5 Å². The molecule has 1 saturated heterocycles. The van der Waals surface area contributed by atoms with Crippen molar-refractivity contribution in [1.82, 2.24) is 0 Å². The molecule has 0 aromatic heterocycles. The first kappa shape index (κ1) is 26.8. The summed E-state index contributed by atoms with van der Waals surface area (Å²) in [7, 11) is 0. The number of nitrogens with zero attached hydrogens (tertiary/aromatic N) is 1. The molecule has 1 fully saturated rings. The van der Waals surface area contributed by atoms with Gasteiger partial charge in [-0.15, -0.1) is 0 Å². The lowest BCUT2D eigenvalue weighted by atomic mass is 9.99. The molecule has 0 radical (unpaired) electrons. The van der Waals surface area contributed by atoms with E-state index in [1.807, 2.05) is 25.1 Å². The Balaban J connectivity index is 1.74. The molecule has 35 heavy (non-hydrogen) atoms. The number of carbonyl (C=O) groups is 1. The van der Waals surface area contributed by atoms with Crippen molar-refractivity contribution in [2.24, 2.45) is 0 Å². The third-order valence-electron chi connectivity index (χ3n) is 6.24. The van der Waals surface area contributed by atoms with E-state index < -0.39 is 0 Å². The highest BCUT2D eigenvalue weighted by Gasteiger charge is 2.13. The zero-order valence-electron chi connectivity index (χ0n) is 21.5. The Morgan fingerprint density at radius 3 is 2.31 bits per heavy atom. The Bertz CT molecular complexity index is 914. The second kappa shape index (κ2) is 15.3. The van der Waals surface area contributed by atoms with Gasteiger partial charge < -0.3 is 19.1 Å². The number of rotatable bonds is 12. The Hall–Kier alpha value is -2.79. The van der Waals surface area contributed by atoms with Crippen molar-refractivity contribution in [3.8, 4) is 16.9 Å². The van der Waals surface area contributed by atoms with Crippen LogP contribution in [-0.4, -0.2) is 45.5 Å². The SMILES string of the molecule is CCCCOCCOc1ccc(-c2ccc(N3CCCCCCC3)c(/C=C/C(=O)OCC)c2)cc1. The van der Waals surface area contributed by atoms with E-state index in [0.29, 0.717) is 19.8 Å². The van der Waals surface area contributed by atoms with Crippen LogP contribution in [0.2, 0.25) is 0 Å². The fourth-order valence-electron chi connectivity index (χ4n) is 4.30. The van der Waals surface area contributed by atoms with Crippen molar-refractivity contribution >= 4 is 17.7 Å². The molecule has 0 N–H and O–H groups in total. The van der Waals surface area contributed by atoms with Gasteiger partial charge >= 0.3 is 5.97 Å². The number of esters is 1. The molecule has 1 aliphatic heterocycles. The quantitative estimate of drug-likeness (QED) is 0.188. The highest BCUT2D eigenvalue weighted by Crippen LogP contribution is 2.31. The van der Waals surface area contributed by atoms with E-state index in [1.54, 1.807) is 0 Å². The Morgan fingerprint density at radius 2 is 1.60 bits per heavy atom. The van der Waals surface area contributed by atoms with Crippen molar-refractivity contribution in [3.05, 3.63) is 54.1 Å². The van der Waals surface area contributed by atoms with Gasteiger partial charge in [-0.25, -0.2) is 4.79 Å². The van der Waals surface area contributed by atoms with E-state index in [0.717, 1.165) is 55.0 Å². The number of ether oxygens (including phenoxy) is 3. The van der Waals surface area contributed by atoms with Gasteiger partial charge in [0.15, 0.2) is 0 Å². The fraction of sp³-hybridized carbons (Fsp3) is 0.500. The molecule has 0 amide bonds. The van der Waals surface area contributed by atoms with Gasteiger partial charge in [0.25, 0.3) is 0 Å². The van der Waals surface area contributed by atoms with Crippen LogP contribution in [-0.2, 0) is 14.3 Å². The molecule has 0 atom stereocenters. The van der Waals surface area contributed by atoms with E-state index in [9.17, 15) is 4.79 Å². The maximum atomic E-state index is 12.0. The second-order valence-electron chi connectivity index (χ2n) is 8.95. The standard InChI is InChI=1S/C30H41NO4/c1-3-5-21-33-22-23-35-28-15-11-25(12-16-28)26-13-17-29(31-19-9-7-6-8-10-20-31)27(24-26)14-18-30(32)34-4-2/h11-18,24H,3-10,19-23H2,1-2H3/b18-14+. The van der Waals surface area contributed by atoms with Gasteiger partial charge in [-0.05, 0) is 73.2 Å². The summed E-state index contributed by atoms with van der Waals surface area (Å²) < 4.78 is 16.5. The maximum absolute atomic E-state index is 12.0. The predicted octanol–water partition coefficient (Wildman–Crippen LogP) is 6.90. The van der Waals surface area contributed by atoms with Gasteiger partial charge in [0.2, 0.25) is 0 Å². The van der Waals surface area contributed by atoms with E-state index >= 15 is 0 Å². The number of hydrogen-bond donors (Lipinski definition) is 0. The Morgan fingerprint density at radius 1 is 0.886 bits per heavy atom. The average molecular weight is 480 g/mol. The summed E-state index contributed by atoms with van der Waals surface area (Å²) in [5, 5.41) is 0. The van der Waals surface area contributed by atoms with Crippen molar-refractivity contribution in [1.29, 1.82) is 0 Å². The molecule has 5 nitrogen and oxygen atoms in total. The van der Waals surface area contributed by atoms with Crippen LogP contribution >= 0.6 is 0 Å². The highest BCUT2D eigenvalue weighted by molar-refractivity contribution is 5.89. The first-order chi connectivity index (χ1) is 17.2. The number of hydrogen-bond acceptors (Lipinski definition) is 5. The molecule has 1 heterocycles. The lowest BCUT2D eigenvalue weighted by Gasteiger charge is -2.28. The summed E-state index contributed by atoms with van der Waals surface area (Å²) in [6, 6.07) is 14.7. The number of carbonyl (C=O) groups excluding carboxylic acids is 1. The predicted molar refractivity (Wildman–Crippen MR) is 144 cm³/mol. The number of unbranched alkanes of at least 4 members (excludes halogenated alkanes) is 1. The summed E-state index contributed by atoms with van der Waals surface area (Å²) in [6.45, 7) is 8.41. The summed E-state index contributed by atoms with van der Waals surface area (Å²) in [5.74, 6) is 0.532. The van der Waals surface area contributed by atoms with Crippen LogP contribution in [0.25, 0.3) is 17.2 Å². The largest absolute Gasteiger partial charge is 0.491 e. The molecular formula is C30H41NO4. The van der Waals surface area contributed by atoms with Crippen LogP contribution in [0, 0.1) is 0 Å². The molecule has 3 rings (SSSR count). The maximum Gasteiger partial charge on any atom is 0.330 e. The molecule has 5 heteroatoms. The monoisotopic (exact) mass is 479 g/mol. The molecule has 2 aromatic carbocycles. The van der Waals surface area contributed by atoms with E-state index in [2.05, 4.69) is 42.2 Å². The second-order valence-corrected chi connectivity index (χ2v) is 8.95. The lowest BCUT2D eigenvalue weighted by Crippen LogP contribution is -2.27. The van der Waals surface area contributed by atoms with Gasteiger partial charge in [-0.1, -0.05) is 50.8 Å². The van der Waals surface area contributed by atoms with Crippen molar-refractivity contribution in [2.45, 2.75) is 58.8 Å². The third-order valence-corrected chi connectivity index (χ3v) is 6.24. The first-order valence-corrected chi connectivity index (χ1v) is 13.3. The summed E-state index contributed by atoms with van der Waals surface area (Å²) in [5.41, 5.74) is 4.44. The smallest absolute Gasteiger partial charge is 0.330 e. The molecule has 190 valence electrons. The van der Waals surface area contributed by atoms with Crippen LogP contribution in [0.1, 0.15) is 64.4 Å². The highest BCUT2D eigenvalue weighted by atomic mass is 16.5. The van der Waals surface area contributed by atoms with E-state index in [1.165, 1.54) is 43.9 Å². The van der Waals surface area contributed by atoms with Crippen molar-refractivity contribution in [2.75, 3.05) is 44.4 Å². The van der Waals surface area contributed by atoms with E-state index in [4.69, 9.17) is 14.2 Å². The molecule has 0 saturated carbocycles. The van der Waals surface area contributed by atoms with Crippen molar-refractivity contribution < 1.29 is 19.0 Å². The van der Waals surface area contributed by atoms with Crippen LogP contribution in [0.5, 0.6) is 5.75 Å². The van der Waals surface area contributed by atoms with Gasteiger partial charge in [0, 0.05) is 31.5 Å². The molecule has 0 unspecified atom stereocenters. The molecule has 0 bridgehead atoms. The third kappa shape index (κ3) is 9.06.